The summed E-state index contributed by atoms with van der Waals surface area (Å²) in [4.78, 5) is 20.4. The third-order valence-corrected chi connectivity index (χ3v) is 4.17. The number of carbonyl (C=O) groups is 1. The van der Waals surface area contributed by atoms with Gasteiger partial charge in [-0.3, -0.25) is 4.90 Å². The lowest BCUT2D eigenvalue weighted by Crippen LogP contribution is -2.49. The van der Waals surface area contributed by atoms with Gasteiger partial charge in [0.1, 0.15) is 5.60 Å². The van der Waals surface area contributed by atoms with E-state index in [0.717, 1.165) is 18.7 Å². The Labute approximate surface area is 157 Å². The van der Waals surface area contributed by atoms with E-state index in [0.29, 0.717) is 36.4 Å². The minimum Gasteiger partial charge on any atom is -0.444 e. The van der Waals surface area contributed by atoms with Crippen molar-refractivity contribution in [3.05, 3.63) is 35.2 Å². The number of ether oxygens (including phenoxy) is 1. The molecule has 0 saturated carbocycles. The largest absolute Gasteiger partial charge is 0.444 e. The van der Waals surface area contributed by atoms with Crippen LogP contribution in [0.15, 0.2) is 28.8 Å². The highest BCUT2D eigenvalue weighted by molar-refractivity contribution is 6.30. The van der Waals surface area contributed by atoms with Gasteiger partial charge in [0.15, 0.2) is 0 Å². The molecule has 3 rings (SSSR count). The van der Waals surface area contributed by atoms with Gasteiger partial charge in [-0.25, -0.2) is 4.79 Å². The molecule has 1 saturated heterocycles. The Hall–Kier alpha value is -2.12. The Balaban J connectivity index is 1.53. The molecule has 1 aliphatic heterocycles. The molecule has 26 heavy (non-hydrogen) atoms. The van der Waals surface area contributed by atoms with Gasteiger partial charge in [0.25, 0.3) is 0 Å². The van der Waals surface area contributed by atoms with E-state index >= 15 is 0 Å². The van der Waals surface area contributed by atoms with Gasteiger partial charge in [-0.1, -0.05) is 28.9 Å². The van der Waals surface area contributed by atoms with Crippen LogP contribution in [0.5, 0.6) is 0 Å². The zero-order chi connectivity index (χ0) is 18.7. The van der Waals surface area contributed by atoms with Gasteiger partial charge >= 0.3 is 6.09 Å². The number of carbonyl (C=O) groups excluding carboxylic acids is 1. The monoisotopic (exact) mass is 378 g/mol. The molecule has 1 aliphatic rings. The number of rotatable bonds is 3. The van der Waals surface area contributed by atoms with Gasteiger partial charge in [-0.05, 0) is 32.9 Å². The molecule has 0 bridgehead atoms. The predicted molar refractivity (Wildman–Crippen MR) is 97.8 cm³/mol. The summed E-state index contributed by atoms with van der Waals surface area (Å²) < 4.78 is 10.8. The molecule has 140 valence electrons. The highest BCUT2D eigenvalue weighted by Gasteiger charge is 2.26. The van der Waals surface area contributed by atoms with Crippen molar-refractivity contribution >= 4 is 17.7 Å². The molecule has 2 heterocycles. The summed E-state index contributed by atoms with van der Waals surface area (Å²) in [6, 6.07) is 7.34. The number of nitrogens with zero attached hydrogens (tertiary/aromatic N) is 4. The number of benzene rings is 1. The molecule has 1 aromatic carbocycles. The summed E-state index contributed by atoms with van der Waals surface area (Å²) in [6.07, 6.45) is -0.266. The fourth-order valence-electron chi connectivity index (χ4n) is 2.67. The van der Waals surface area contributed by atoms with Gasteiger partial charge < -0.3 is 14.2 Å². The zero-order valence-electron chi connectivity index (χ0n) is 15.2. The van der Waals surface area contributed by atoms with Crippen molar-refractivity contribution in [1.29, 1.82) is 0 Å². The van der Waals surface area contributed by atoms with Crippen molar-refractivity contribution in [2.75, 3.05) is 26.2 Å². The smallest absolute Gasteiger partial charge is 0.410 e. The van der Waals surface area contributed by atoms with E-state index in [1.165, 1.54) is 0 Å². The second kappa shape index (κ2) is 7.63. The molecule has 1 aromatic heterocycles. The number of hydrogen-bond donors (Lipinski definition) is 0. The molecule has 0 spiro atoms. The first kappa shape index (κ1) is 18.7. The molecule has 1 amide bonds. The van der Waals surface area contributed by atoms with Crippen molar-refractivity contribution < 1.29 is 14.1 Å². The number of piperazine rings is 1. The third-order valence-electron chi connectivity index (χ3n) is 3.93. The standard InChI is InChI=1S/C18H23ClN4O3/c1-18(2,3)25-17(24)23-9-7-22(8-10-23)12-15-20-16(21-26-15)13-5-4-6-14(19)11-13/h4-6,11H,7-10,12H2,1-3H3. The van der Waals surface area contributed by atoms with Crippen LogP contribution in [0, 0.1) is 0 Å². The average molecular weight is 379 g/mol. The zero-order valence-corrected chi connectivity index (χ0v) is 16.0. The lowest BCUT2D eigenvalue weighted by atomic mass is 10.2. The molecule has 0 radical (unpaired) electrons. The molecular formula is C18H23ClN4O3. The van der Waals surface area contributed by atoms with Gasteiger partial charge in [-0.15, -0.1) is 0 Å². The van der Waals surface area contributed by atoms with E-state index in [4.69, 9.17) is 20.9 Å². The van der Waals surface area contributed by atoms with Crippen LogP contribution in [0.25, 0.3) is 11.4 Å². The second-order valence-corrected chi connectivity index (χ2v) is 7.70. The highest BCUT2D eigenvalue weighted by atomic mass is 35.5. The highest BCUT2D eigenvalue weighted by Crippen LogP contribution is 2.20. The lowest BCUT2D eigenvalue weighted by Gasteiger charge is -2.34. The molecule has 0 unspecified atom stereocenters. The molecule has 8 heteroatoms. The molecular weight excluding hydrogens is 356 g/mol. The minimum absolute atomic E-state index is 0.266. The van der Waals surface area contributed by atoms with E-state index in [9.17, 15) is 4.79 Å². The Kier molecular flexibility index (Phi) is 5.48. The summed E-state index contributed by atoms with van der Waals surface area (Å²) in [7, 11) is 0. The molecule has 7 nitrogen and oxygen atoms in total. The molecule has 0 N–H and O–H groups in total. The first-order chi connectivity index (χ1) is 12.3. The normalized spacial score (nSPS) is 15.9. The minimum atomic E-state index is -0.477. The maximum absolute atomic E-state index is 12.1. The summed E-state index contributed by atoms with van der Waals surface area (Å²) in [5, 5.41) is 4.65. The van der Waals surface area contributed by atoms with Crippen LogP contribution in [0.2, 0.25) is 5.02 Å². The van der Waals surface area contributed by atoms with E-state index in [1.54, 1.807) is 17.0 Å². The average Bonchev–Trinajstić information content (AvgIpc) is 3.02. The summed E-state index contributed by atoms with van der Waals surface area (Å²) in [5.41, 5.74) is 0.344. The van der Waals surface area contributed by atoms with Gasteiger partial charge in [-0.2, -0.15) is 4.98 Å². The number of aromatic nitrogens is 2. The molecule has 0 atom stereocenters. The number of amides is 1. The maximum atomic E-state index is 12.1. The van der Waals surface area contributed by atoms with Crippen LogP contribution in [0.3, 0.4) is 0 Å². The van der Waals surface area contributed by atoms with E-state index in [1.807, 2.05) is 32.9 Å². The predicted octanol–water partition coefficient (Wildman–Crippen LogP) is 3.44. The summed E-state index contributed by atoms with van der Waals surface area (Å²) in [6.45, 7) is 8.85. The van der Waals surface area contributed by atoms with Crippen LogP contribution in [-0.2, 0) is 11.3 Å². The fraction of sp³-hybridized carbons (Fsp3) is 0.500. The topological polar surface area (TPSA) is 71.7 Å². The molecule has 2 aromatic rings. The van der Waals surface area contributed by atoms with Crippen molar-refractivity contribution in [3.63, 3.8) is 0 Å². The van der Waals surface area contributed by atoms with Gasteiger partial charge in [0.05, 0.1) is 6.54 Å². The number of halogens is 1. The third kappa shape index (κ3) is 4.95. The van der Waals surface area contributed by atoms with Crippen molar-refractivity contribution in [2.24, 2.45) is 0 Å². The van der Waals surface area contributed by atoms with Crippen LogP contribution in [-0.4, -0.2) is 57.8 Å². The van der Waals surface area contributed by atoms with Crippen molar-refractivity contribution in [2.45, 2.75) is 32.9 Å². The summed E-state index contributed by atoms with van der Waals surface area (Å²) >= 11 is 6.00. The first-order valence-corrected chi connectivity index (χ1v) is 8.97. The quantitative estimate of drug-likeness (QED) is 0.814. The van der Waals surface area contributed by atoms with Crippen LogP contribution < -0.4 is 0 Å². The Morgan fingerprint density at radius 1 is 1.27 bits per heavy atom. The van der Waals surface area contributed by atoms with E-state index in [-0.39, 0.29) is 6.09 Å². The van der Waals surface area contributed by atoms with E-state index < -0.39 is 5.60 Å². The number of hydrogen-bond acceptors (Lipinski definition) is 6. The first-order valence-electron chi connectivity index (χ1n) is 8.59. The molecule has 0 aliphatic carbocycles. The Bertz CT molecular complexity index is 764. The van der Waals surface area contributed by atoms with Crippen molar-refractivity contribution in [3.8, 4) is 11.4 Å². The Morgan fingerprint density at radius 2 is 2.00 bits per heavy atom. The second-order valence-electron chi connectivity index (χ2n) is 7.27. The molecule has 1 fully saturated rings. The van der Waals surface area contributed by atoms with Crippen LogP contribution in [0.1, 0.15) is 26.7 Å². The fourth-order valence-corrected chi connectivity index (χ4v) is 2.86. The lowest BCUT2D eigenvalue weighted by molar-refractivity contribution is 0.0132. The van der Waals surface area contributed by atoms with E-state index in [2.05, 4.69) is 15.0 Å². The van der Waals surface area contributed by atoms with Crippen LogP contribution in [0.4, 0.5) is 4.79 Å². The van der Waals surface area contributed by atoms with Gasteiger partial charge in [0.2, 0.25) is 11.7 Å². The van der Waals surface area contributed by atoms with Crippen molar-refractivity contribution in [1.82, 2.24) is 19.9 Å². The summed E-state index contributed by atoms with van der Waals surface area (Å²) in [5.74, 6) is 1.07. The SMILES string of the molecule is CC(C)(C)OC(=O)N1CCN(Cc2nc(-c3cccc(Cl)c3)no2)CC1. The van der Waals surface area contributed by atoms with Crippen LogP contribution >= 0.6 is 11.6 Å². The van der Waals surface area contributed by atoms with Gasteiger partial charge in [0, 0.05) is 36.8 Å². The maximum Gasteiger partial charge on any atom is 0.410 e. The Morgan fingerprint density at radius 3 is 2.65 bits per heavy atom.